The number of ether oxygens (including phenoxy) is 1. The summed E-state index contributed by atoms with van der Waals surface area (Å²) in [6.45, 7) is 3.26. The SMILES string of the molecule is COc1cc(C(C)C(=O)N2CCCC2)c(F)cn1. The lowest BCUT2D eigenvalue weighted by Gasteiger charge is -2.21. The number of pyridine rings is 1. The Hall–Kier alpha value is -1.65. The van der Waals surface area contributed by atoms with Crippen LogP contribution in [0.25, 0.3) is 0 Å². The molecule has 0 bridgehead atoms. The van der Waals surface area contributed by atoms with Crippen LogP contribution in [0, 0.1) is 5.82 Å². The van der Waals surface area contributed by atoms with Crippen molar-refractivity contribution in [2.24, 2.45) is 0 Å². The lowest BCUT2D eigenvalue weighted by atomic mass is 10.0. The monoisotopic (exact) mass is 252 g/mol. The lowest BCUT2D eigenvalue weighted by Crippen LogP contribution is -2.31. The molecule has 18 heavy (non-hydrogen) atoms. The zero-order valence-electron chi connectivity index (χ0n) is 10.6. The Labute approximate surface area is 106 Å². The average Bonchev–Trinajstić information content (AvgIpc) is 2.91. The van der Waals surface area contributed by atoms with Gasteiger partial charge in [0, 0.05) is 24.7 Å². The van der Waals surface area contributed by atoms with E-state index >= 15 is 0 Å². The van der Waals surface area contributed by atoms with Crippen LogP contribution in [0.4, 0.5) is 4.39 Å². The second-order valence-corrected chi connectivity index (χ2v) is 4.50. The molecule has 1 saturated heterocycles. The van der Waals surface area contributed by atoms with Crippen molar-refractivity contribution in [3.05, 3.63) is 23.6 Å². The van der Waals surface area contributed by atoms with Gasteiger partial charge in [0.2, 0.25) is 11.8 Å². The number of carbonyl (C=O) groups is 1. The molecule has 2 heterocycles. The van der Waals surface area contributed by atoms with Gasteiger partial charge in [-0.05, 0) is 19.8 Å². The number of halogens is 1. The number of hydrogen-bond donors (Lipinski definition) is 0. The first-order valence-electron chi connectivity index (χ1n) is 6.11. The predicted molar refractivity (Wildman–Crippen MR) is 65.0 cm³/mol. The van der Waals surface area contributed by atoms with E-state index in [-0.39, 0.29) is 5.91 Å². The first-order chi connectivity index (χ1) is 8.63. The van der Waals surface area contributed by atoms with E-state index in [0.717, 1.165) is 32.1 Å². The minimum absolute atomic E-state index is 0.0281. The molecule has 1 aliphatic rings. The molecule has 0 radical (unpaired) electrons. The van der Waals surface area contributed by atoms with E-state index in [1.165, 1.54) is 13.2 Å². The molecular formula is C13H17FN2O2. The summed E-state index contributed by atoms with van der Waals surface area (Å²) in [5.74, 6) is -0.664. The number of hydrogen-bond acceptors (Lipinski definition) is 3. The number of rotatable bonds is 3. The number of likely N-dealkylation sites (tertiary alicyclic amines) is 1. The molecular weight excluding hydrogens is 235 g/mol. The standard InChI is InChI=1S/C13H17FN2O2/c1-9(13(17)16-5-3-4-6-16)10-7-12(18-2)15-8-11(10)14/h7-9H,3-6H2,1-2H3. The van der Waals surface area contributed by atoms with Crippen molar-refractivity contribution in [1.29, 1.82) is 0 Å². The van der Waals surface area contributed by atoms with E-state index in [0.29, 0.717) is 11.4 Å². The Morgan fingerprint density at radius 2 is 2.17 bits per heavy atom. The Kier molecular flexibility index (Phi) is 3.79. The van der Waals surface area contributed by atoms with Gasteiger partial charge in [-0.15, -0.1) is 0 Å². The van der Waals surface area contributed by atoms with Gasteiger partial charge in [0.15, 0.2) is 0 Å². The van der Waals surface area contributed by atoms with Gasteiger partial charge in [-0.3, -0.25) is 4.79 Å². The Morgan fingerprint density at radius 3 is 2.78 bits per heavy atom. The molecule has 1 amide bonds. The molecule has 1 aromatic heterocycles. The minimum atomic E-state index is -0.500. The van der Waals surface area contributed by atoms with Crippen LogP contribution in [0.5, 0.6) is 5.88 Å². The zero-order chi connectivity index (χ0) is 13.1. The number of methoxy groups -OCH3 is 1. The zero-order valence-corrected chi connectivity index (χ0v) is 10.6. The molecule has 1 fully saturated rings. The first-order valence-corrected chi connectivity index (χ1v) is 6.11. The third-order valence-corrected chi connectivity index (χ3v) is 3.32. The van der Waals surface area contributed by atoms with E-state index in [2.05, 4.69) is 4.98 Å². The third kappa shape index (κ3) is 2.44. The van der Waals surface area contributed by atoms with Crippen LogP contribution in [0.2, 0.25) is 0 Å². The van der Waals surface area contributed by atoms with Crippen LogP contribution >= 0.6 is 0 Å². The summed E-state index contributed by atoms with van der Waals surface area (Å²) in [5.41, 5.74) is 0.346. The number of aromatic nitrogens is 1. The van der Waals surface area contributed by atoms with Crippen LogP contribution in [-0.4, -0.2) is 36.0 Å². The largest absolute Gasteiger partial charge is 0.481 e. The van der Waals surface area contributed by atoms with Gasteiger partial charge in [-0.2, -0.15) is 0 Å². The summed E-state index contributed by atoms with van der Waals surface area (Å²) in [6.07, 6.45) is 3.16. The van der Waals surface area contributed by atoms with Crippen LogP contribution in [0.1, 0.15) is 31.2 Å². The highest BCUT2D eigenvalue weighted by molar-refractivity contribution is 5.83. The summed E-state index contributed by atoms with van der Waals surface area (Å²) in [6, 6.07) is 1.49. The highest BCUT2D eigenvalue weighted by Gasteiger charge is 2.26. The van der Waals surface area contributed by atoms with E-state index < -0.39 is 11.7 Å². The van der Waals surface area contributed by atoms with Crippen molar-refractivity contribution >= 4 is 5.91 Å². The van der Waals surface area contributed by atoms with Crippen molar-refractivity contribution in [3.63, 3.8) is 0 Å². The Bertz CT molecular complexity index is 445. The maximum atomic E-state index is 13.7. The highest BCUT2D eigenvalue weighted by Crippen LogP contribution is 2.25. The van der Waals surface area contributed by atoms with Crippen molar-refractivity contribution in [1.82, 2.24) is 9.88 Å². The van der Waals surface area contributed by atoms with Gasteiger partial charge in [0.1, 0.15) is 5.82 Å². The highest BCUT2D eigenvalue weighted by atomic mass is 19.1. The predicted octanol–water partition coefficient (Wildman–Crippen LogP) is 1.96. The fourth-order valence-electron chi connectivity index (χ4n) is 2.22. The van der Waals surface area contributed by atoms with E-state index in [1.54, 1.807) is 11.8 Å². The summed E-state index contributed by atoms with van der Waals surface area (Å²) in [7, 11) is 1.47. The summed E-state index contributed by atoms with van der Waals surface area (Å²) in [5, 5.41) is 0. The van der Waals surface area contributed by atoms with Crippen LogP contribution in [-0.2, 0) is 4.79 Å². The van der Waals surface area contributed by atoms with Gasteiger partial charge < -0.3 is 9.64 Å². The molecule has 1 atom stereocenters. The molecule has 5 heteroatoms. The fraction of sp³-hybridized carbons (Fsp3) is 0.538. The summed E-state index contributed by atoms with van der Waals surface area (Å²) >= 11 is 0. The maximum absolute atomic E-state index is 13.7. The minimum Gasteiger partial charge on any atom is -0.481 e. The molecule has 0 aliphatic carbocycles. The molecule has 0 spiro atoms. The van der Waals surface area contributed by atoms with Gasteiger partial charge in [-0.1, -0.05) is 0 Å². The van der Waals surface area contributed by atoms with E-state index in [4.69, 9.17) is 4.74 Å². The smallest absolute Gasteiger partial charge is 0.229 e. The molecule has 1 unspecified atom stereocenters. The topological polar surface area (TPSA) is 42.4 Å². The van der Waals surface area contributed by atoms with Crippen LogP contribution in [0.15, 0.2) is 12.3 Å². The van der Waals surface area contributed by atoms with Crippen LogP contribution in [0.3, 0.4) is 0 Å². The molecule has 0 saturated carbocycles. The van der Waals surface area contributed by atoms with E-state index in [1.807, 2.05) is 0 Å². The van der Waals surface area contributed by atoms with Gasteiger partial charge in [0.05, 0.1) is 19.2 Å². The van der Waals surface area contributed by atoms with Crippen molar-refractivity contribution in [2.45, 2.75) is 25.7 Å². The normalized spacial score (nSPS) is 16.7. The van der Waals surface area contributed by atoms with Crippen molar-refractivity contribution in [3.8, 4) is 5.88 Å². The van der Waals surface area contributed by atoms with Crippen LogP contribution < -0.4 is 4.74 Å². The van der Waals surface area contributed by atoms with E-state index in [9.17, 15) is 9.18 Å². The molecule has 2 rings (SSSR count). The lowest BCUT2D eigenvalue weighted by molar-refractivity contribution is -0.131. The van der Waals surface area contributed by atoms with Gasteiger partial charge in [0.25, 0.3) is 0 Å². The van der Waals surface area contributed by atoms with Crippen molar-refractivity contribution in [2.75, 3.05) is 20.2 Å². The molecule has 1 aromatic rings. The van der Waals surface area contributed by atoms with Gasteiger partial charge in [-0.25, -0.2) is 9.37 Å². The number of amides is 1. The number of nitrogens with zero attached hydrogens (tertiary/aromatic N) is 2. The molecule has 98 valence electrons. The summed E-state index contributed by atoms with van der Waals surface area (Å²) < 4.78 is 18.7. The Balaban J connectivity index is 2.21. The first kappa shape index (κ1) is 12.8. The molecule has 0 aromatic carbocycles. The van der Waals surface area contributed by atoms with Crippen molar-refractivity contribution < 1.29 is 13.9 Å². The molecule has 4 nitrogen and oxygen atoms in total. The average molecular weight is 252 g/mol. The fourth-order valence-corrected chi connectivity index (χ4v) is 2.22. The second-order valence-electron chi connectivity index (χ2n) is 4.50. The molecule has 1 aliphatic heterocycles. The second kappa shape index (κ2) is 5.33. The Morgan fingerprint density at radius 1 is 1.50 bits per heavy atom. The maximum Gasteiger partial charge on any atom is 0.229 e. The third-order valence-electron chi connectivity index (χ3n) is 3.32. The quantitative estimate of drug-likeness (QED) is 0.825. The number of carbonyl (C=O) groups excluding carboxylic acids is 1. The molecule has 0 N–H and O–H groups in total. The van der Waals surface area contributed by atoms with Gasteiger partial charge >= 0.3 is 0 Å². The summed E-state index contributed by atoms with van der Waals surface area (Å²) in [4.78, 5) is 17.8.